The van der Waals surface area contributed by atoms with Gasteiger partial charge in [0.25, 0.3) is 0 Å². The quantitative estimate of drug-likeness (QED) is 0.855. The lowest BCUT2D eigenvalue weighted by Crippen LogP contribution is -2.35. The Morgan fingerprint density at radius 1 is 1.45 bits per heavy atom. The molecule has 1 N–H and O–H groups in total. The van der Waals surface area contributed by atoms with Gasteiger partial charge in [-0.05, 0) is 51.0 Å². The first-order chi connectivity index (χ1) is 9.52. The minimum Gasteiger partial charge on any atom is -0.494 e. The normalized spacial score (nSPS) is 22.1. The molecule has 0 spiro atoms. The van der Waals surface area contributed by atoms with Crippen LogP contribution >= 0.6 is 12.2 Å². The first-order valence-electron chi connectivity index (χ1n) is 6.93. The summed E-state index contributed by atoms with van der Waals surface area (Å²) in [6.07, 6.45) is 1.95. The van der Waals surface area contributed by atoms with Crippen LogP contribution in [0.25, 0.3) is 11.0 Å². The maximum absolute atomic E-state index is 5.81. The standard InChI is InChI=1S/C15H20N2O2S/c1-15(2)9-10(7-8-19-15)17-11-5-4-6-12(18-3)13(11)16-14(17)20/h4-6,10H,7-9H2,1-3H3,(H,16,20). The van der Waals surface area contributed by atoms with Crippen molar-refractivity contribution in [2.45, 2.75) is 38.3 Å². The van der Waals surface area contributed by atoms with Crippen molar-refractivity contribution in [2.75, 3.05) is 13.7 Å². The molecule has 0 radical (unpaired) electrons. The molecule has 1 saturated heterocycles. The molecular formula is C15H20N2O2S. The summed E-state index contributed by atoms with van der Waals surface area (Å²) in [6, 6.07) is 6.41. The van der Waals surface area contributed by atoms with E-state index >= 15 is 0 Å². The number of fused-ring (bicyclic) bond motifs is 1. The Labute approximate surface area is 123 Å². The average Bonchev–Trinajstić information content (AvgIpc) is 2.73. The molecule has 4 nitrogen and oxygen atoms in total. The van der Waals surface area contributed by atoms with Crippen LogP contribution in [0.2, 0.25) is 0 Å². The molecule has 1 aromatic heterocycles. The Balaban J connectivity index is 2.12. The van der Waals surface area contributed by atoms with Gasteiger partial charge in [0.1, 0.15) is 11.3 Å². The number of nitrogens with one attached hydrogen (secondary N) is 1. The zero-order chi connectivity index (χ0) is 14.3. The number of aromatic nitrogens is 2. The van der Waals surface area contributed by atoms with Crippen LogP contribution in [0.4, 0.5) is 0 Å². The summed E-state index contributed by atoms with van der Waals surface area (Å²) < 4.78 is 14.2. The van der Waals surface area contributed by atoms with E-state index in [9.17, 15) is 0 Å². The van der Waals surface area contributed by atoms with Gasteiger partial charge in [-0.2, -0.15) is 0 Å². The largest absolute Gasteiger partial charge is 0.494 e. The molecule has 0 aliphatic carbocycles. The van der Waals surface area contributed by atoms with Crippen LogP contribution in [-0.2, 0) is 4.74 Å². The van der Waals surface area contributed by atoms with Crippen molar-refractivity contribution in [3.05, 3.63) is 23.0 Å². The van der Waals surface area contributed by atoms with E-state index in [1.807, 2.05) is 12.1 Å². The molecule has 1 aliphatic heterocycles. The fourth-order valence-corrected chi connectivity index (χ4v) is 3.42. The van der Waals surface area contributed by atoms with Crippen molar-refractivity contribution >= 4 is 23.3 Å². The summed E-state index contributed by atoms with van der Waals surface area (Å²) in [5.41, 5.74) is 1.99. The Hall–Kier alpha value is -1.33. The molecule has 2 heterocycles. The molecule has 1 fully saturated rings. The topological polar surface area (TPSA) is 39.2 Å². The van der Waals surface area contributed by atoms with Crippen molar-refractivity contribution in [3.8, 4) is 5.75 Å². The van der Waals surface area contributed by atoms with Crippen molar-refractivity contribution in [3.63, 3.8) is 0 Å². The third kappa shape index (κ3) is 2.25. The monoisotopic (exact) mass is 292 g/mol. The average molecular weight is 292 g/mol. The van der Waals surface area contributed by atoms with Gasteiger partial charge in [-0.3, -0.25) is 0 Å². The van der Waals surface area contributed by atoms with Gasteiger partial charge in [0.05, 0.1) is 18.2 Å². The summed E-state index contributed by atoms with van der Waals surface area (Å²) in [7, 11) is 1.68. The molecule has 108 valence electrons. The van der Waals surface area contributed by atoms with Gasteiger partial charge in [0, 0.05) is 12.6 Å². The summed E-state index contributed by atoms with van der Waals surface area (Å²) in [6.45, 7) is 5.05. The van der Waals surface area contributed by atoms with E-state index in [0.29, 0.717) is 6.04 Å². The fourth-order valence-electron chi connectivity index (χ4n) is 3.08. The molecule has 20 heavy (non-hydrogen) atoms. The van der Waals surface area contributed by atoms with Crippen LogP contribution < -0.4 is 4.74 Å². The zero-order valence-corrected chi connectivity index (χ0v) is 12.9. The van der Waals surface area contributed by atoms with Gasteiger partial charge in [0.15, 0.2) is 4.77 Å². The van der Waals surface area contributed by atoms with Gasteiger partial charge in [-0.1, -0.05) is 6.07 Å². The number of H-pyrrole nitrogens is 1. The number of hydrogen-bond donors (Lipinski definition) is 1. The van der Waals surface area contributed by atoms with Crippen molar-refractivity contribution in [2.24, 2.45) is 0 Å². The zero-order valence-electron chi connectivity index (χ0n) is 12.1. The molecule has 5 heteroatoms. The van der Waals surface area contributed by atoms with E-state index in [-0.39, 0.29) is 5.60 Å². The number of aromatic amines is 1. The number of nitrogens with zero attached hydrogens (tertiary/aromatic N) is 1. The third-order valence-electron chi connectivity index (χ3n) is 3.97. The maximum atomic E-state index is 5.81. The molecule has 1 aromatic carbocycles. The molecule has 0 saturated carbocycles. The molecular weight excluding hydrogens is 272 g/mol. The highest BCUT2D eigenvalue weighted by molar-refractivity contribution is 7.71. The molecule has 2 aromatic rings. The molecule has 3 rings (SSSR count). The molecule has 1 aliphatic rings. The van der Waals surface area contributed by atoms with Crippen molar-refractivity contribution < 1.29 is 9.47 Å². The van der Waals surface area contributed by atoms with Gasteiger partial charge < -0.3 is 19.0 Å². The SMILES string of the molecule is COc1cccc2c1[nH]c(=S)n2C1CCOC(C)(C)C1. The molecule has 1 unspecified atom stereocenters. The summed E-state index contributed by atoms with van der Waals surface area (Å²) >= 11 is 5.53. The number of methoxy groups -OCH3 is 1. The lowest BCUT2D eigenvalue weighted by molar-refractivity contribution is -0.0687. The highest BCUT2D eigenvalue weighted by atomic mass is 32.1. The Kier molecular flexibility index (Phi) is 3.34. The van der Waals surface area contributed by atoms with Gasteiger partial charge in [0.2, 0.25) is 0 Å². The number of hydrogen-bond acceptors (Lipinski definition) is 3. The van der Waals surface area contributed by atoms with E-state index in [1.54, 1.807) is 7.11 Å². The lowest BCUT2D eigenvalue weighted by Gasteiger charge is -2.36. The first-order valence-corrected chi connectivity index (χ1v) is 7.34. The maximum Gasteiger partial charge on any atom is 0.178 e. The number of ether oxygens (including phenoxy) is 2. The highest BCUT2D eigenvalue weighted by Crippen LogP contribution is 2.35. The predicted octanol–water partition coefficient (Wildman–Crippen LogP) is 3.84. The number of imidazole rings is 1. The summed E-state index contributed by atoms with van der Waals surface area (Å²) in [4.78, 5) is 3.28. The minimum absolute atomic E-state index is 0.0971. The Morgan fingerprint density at radius 3 is 2.95 bits per heavy atom. The van der Waals surface area contributed by atoms with Gasteiger partial charge in [-0.15, -0.1) is 0 Å². The number of rotatable bonds is 2. The van der Waals surface area contributed by atoms with E-state index < -0.39 is 0 Å². The Bertz CT molecular complexity index is 687. The van der Waals surface area contributed by atoms with E-state index in [2.05, 4.69) is 29.5 Å². The van der Waals surface area contributed by atoms with E-state index in [0.717, 1.165) is 41.0 Å². The summed E-state index contributed by atoms with van der Waals surface area (Å²) in [5, 5.41) is 0. The minimum atomic E-state index is -0.0971. The number of benzene rings is 1. The van der Waals surface area contributed by atoms with Crippen molar-refractivity contribution in [1.29, 1.82) is 0 Å². The lowest BCUT2D eigenvalue weighted by atomic mass is 9.93. The second kappa shape index (κ2) is 4.90. The van der Waals surface area contributed by atoms with Crippen LogP contribution in [0, 0.1) is 4.77 Å². The van der Waals surface area contributed by atoms with Crippen LogP contribution in [0.3, 0.4) is 0 Å². The first kappa shape index (κ1) is 13.6. The second-order valence-corrected chi connectivity index (χ2v) is 6.30. The van der Waals surface area contributed by atoms with Gasteiger partial charge >= 0.3 is 0 Å². The summed E-state index contributed by atoms with van der Waals surface area (Å²) in [5.74, 6) is 0.832. The van der Waals surface area contributed by atoms with Crippen LogP contribution in [-0.4, -0.2) is 28.9 Å². The van der Waals surface area contributed by atoms with Crippen LogP contribution in [0.15, 0.2) is 18.2 Å². The smallest absolute Gasteiger partial charge is 0.178 e. The van der Waals surface area contributed by atoms with Crippen LogP contribution in [0.5, 0.6) is 5.75 Å². The molecule has 1 atom stereocenters. The Morgan fingerprint density at radius 2 is 2.25 bits per heavy atom. The second-order valence-electron chi connectivity index (χ2n) is 5.91. The van der Waals surface area contributed by atoms with Gasteiger partial charge in [-0.25, -0.2) is 0 Å². The van der Waals surface area contributed by atoms with E-state index in [1.165, 1.54) is 0 Å². The molecule has 0 bridgehead atoms. The number of para-hydroxylation sites is 1. The highest BCUT2D eigenvalue weighted by Gasteiger charge is 2.31. The van der Waals surface area contributed by atoms with Crippen molar-refractivity contribution in [1.82, 2.24) is 9.55 Å². The third-order valence-corrected chi connectivity index (χ3v) is 4.27. The van der Waals surface area contributed by atoms with Crippen LogP contribution in [0.1, 0.15) is 32.7 Å². The van der Waals surface area contributed by atoms with E-state index in [4.69, 9.17) is 21.7 Å². The molecule has 0 amide bonds. The predicted molar refractivity (Wildman–Crippen MR) is 82.0 cm³/mol. The fraction of sp³-hybridized carbons (Fsp3) is 0.533.